The van der Waals surface area contributed by atoms with Crippen molar-refractivity contribution in [2.75, 3.05) is 13.6 Å². The molecule has 1 atom stereocenters. The molecule has 1 aliphatic heterocycles. The van der Waals surface area contributed by atoms with Crippen LogP contribution >= 0.6 is 0 Å². The van der Waals surface area contributed by atoms with Gasteiger partial charge in [0.25, 0.3) is 0 Å². The molecule has 1 aromatic carbocycles. The van der Waals surface area contributed by atoms with Gasteiger partial charge in [0.2, 0.25) is 15.9 Å². The Bertz CT molecular complexity index is 801. The van der Waals surface area contributed by atoms with Gasteiger partial charge in [-0.2, -0.15) is 9.40 Å². The van der Waals surface area contributed by atoms with E-state index in [2.05, 4.69) is 10.4 Å². The van der Waals surface area contributed by atoms with Crippen molar-refractivity contribution < 1.29 is 13.2 Å². The quantitative estimate of drug-likeness (QED) is 0.895. The van der Waals surface area contributed by atoms with Crippen molar-refractivity contribution in [3.05, 3.63) is 42.7 Å². The van der Waals surface area contributed by atoms with Crippen LogP contribution in [0.2, 0.25) is 0 Å². The Balaban J connectivity index is 1.92. The number of likely N-dealkylation sites (N-methyl/N-ethyl adjacent to an activating group) is 1. The zero-order valence-corrected chi connectivity index (χ0v) is 13.5. The second kappa shape index (κ2) is 6.13. The number of hydrogen-bond donors (Lipinski definition) is 1. The smallest absolute Gasteiger partial charge is 0.246 e. The van der Waals surface area contributed by atoms with Gasteiger partial charge >= 0.3 is 0 Å². The second-order valence-electron chi connectivity index (χ2n) is 5.34. The van der Waals surface area contributed by atoms with Crippen molar-refractivity contribution in [2.24, 2.45) is 0 Å². The number of para-hydroxylation sites is 1. The SMILES string of the molecule is CNC(=O)[C@H]1CCCN1S(=O)(=O)c1cnn(-c2ccccc2)c1. The maximum absolute atomic E-state index is 12.8. The number of carbonyl (C=O) groups excluding carboxylic acids is 1. The van der Waals surface area contributed by atoms with Gasteiger partial charge in [-0.05, 0) is 25.0 Å². The van der Waals surface area contributed by atoms with E-state index in [0.29, 0.717) is 19.4 Å². The highest BCUT2D eigenvalue weighted by molar-refractivity contribution is 7.89. The molecule has 7 nitrogen and oxygen atoms in total. The lowest BCUT2D eigenvalue weighted by Gasteiger charge is -2.21. The van der Waals surface area contributed by atoms with E-state index in [0.717, 1.165) is 5.69 Å². The van der Waals surface area contributed by atoms with Crippen LogP contribution in [-0.2, 0) is 14.8 Å². The van der Waals surface area contributed by atoms with Crippen LogP contribution in [0.4, 0.5) is 0 Å². The van der Waals surface area contributed by atoms with Gasteiger partial charge in [0.05, 0.1) is 18.1 Å². The van der Waals surface area contributed by atoms with Crippen LogP contribution in [0.1, 0.15) is 12.8 Å². The minimum Gasteiger partial charge on any atom is -0.358 e. The normalized spacial score (nSPS) is 18.9. The first-order valence-corrected chi connectivity index (χ1v) is 8.81. The average molecular weight is 334 g/mol. The standard InChI is InChI=1S/C15H18N4O3S/c1-16-15(20)14-8-5-9-19(14)23(21,22)13-10-17-18(11-13)12-6-3-2-4-7-12/h2-4,6-7,10-11,14H,5,8-9H2,1H3,(H,16,20)/t14-/m1/s1. The van der Waals surface area contributed by atoms with Crippen LogP contribution in [0.15, 0.2) is 47.6 Å². The fourth-order valence-corrected chi connectivity index (χ4v) is 4.34. The van der Waals surface area contributed by atoms with Gasteiger partial charge in [-0.15, -0.1) is 0 Å². The van der Waals surface area contributed by atoms with E-state index in [4.69, 9.17) is 0 Å². The molecule has 0 radical (unpaired) electrons. The van der Waals surface area contributed by atoms with Crippen molar-refractivity contribution in [3.8, 4) is 5.69 Å². The van der Waals surface area contributed by atoms with Crippen molar-refractivity contribution in [3.63, 3.8) is 0 Å². The lowest BCUT2D eigenvalue weighted by molar-refractivity contribution is -0.123. The zero-order chi connectivity index (χ0) is 16.4. The minimum absolute atomic E-state index is 0.0946. The van der Waals surface area contributed by atoms with Gasteiger partial charge in [-0.1, -0.05) is 18.2 Å². The molecular formula is C15H18N4O3S. The number of aromatic nitrogens is 2. The molecule has 0 saturated carbocycles. The molecular weight excluding hydrogens is 316 g/mol. The molecule has 3 rings (SSSR count). The van der Waals surface area contributed by atoms with Crippen molar-refractivity contribution >= 4 is 15.9 Å². The highest BCUT2D eigenvalue weighted by atomic mass is 32.2. The largest absolute Gasteiger partial charge is 0.358 e. The summed E-state index contributed by atoms with van der Waals surface area (Å²) >= 11 is 0. The topological polar surface area (TPSA) is 84.3 Å². The molecule has 0 unspecified atom stereocenters. The first-order valence-electron chi connectivity index (χ1n) is 7.37. The predicted molar refractivity (Wildman–Crippen MR) is 84.5 cm³/mol. The molecule has 8 heteroatoms. The summed E-state index contributed by atoms with van der Waals surface area (Å²) in [5.74, 6) is -0.276. The fourth-order valence-electron chi connectivity index (χ4n) is 2.75. The third-order valence-corrected chi connectivity index (χ3v) is 5.80. The number of amides is 1. The molecule has 23 heavy (non-hydrogen) atoms. The minimum atomic E-state index is -3.74. The van der Waals surface area contributed by atoms with Crippen LogP contribution in [-0.4, -0.2) is 48.0 Å². The van der Waals surface area contributed by atoms with Crippen LogP contribution in [0.5, 0.6) is 0 Å². The number of hydrogen-bond acceptors (Lipinski definition) is 4. The zero-order valence-electron chi connectivity index (χ0n) is 12.7. The maximum Gasteiger partial charge on any atom is 0.246 e. The summed E-state index contributed by atoms with van der Waals surface area (Å²) in [6, 6.07) is 8.62. The molecule has 1 saturated heterocycles. The Hall–Kier alpha value is -2.19. The van der Waals surface area contributed by atoms with Gasteiger partial charge in [-0.25, -0.2) is 13.1 Å². The summed E-state index contributed by atoms with van der Waals surface area (Å²) in [6.07, 6.45) is 4.00. The Morgan fingerprint density at radius 2 is 2.04 bits per heavy atom. The van der Waals surface area contributed by atoms with Crippen molar-refractivity contribution in [1.82, 2.24) is 19.4 Å². The van der Waals surface area contributed by atoms with E-state index in [1.54, 1.807) is 0 Å². The number of benzene rings is 1. The number of nitrogens with one attached hydrogen (secondary N) is 1. The monoisotopic (exact) mass is 334 g/mol. The molecule has 1 N–H and O–H groups in total. The summed E-state index contributed by atoms with van der Waals surface area (Å²) in [5, 5.41) is 6.65. The van der Waals surface area contributed by atoms with E-state index < -0.39 is 16.1 Å². The lowest BCUT2D eigenvalue weighted by Crippen LogP contribution is -2.44. The predicted octanol–water partition coefficient (Wildman–Crippen LogP) is 0.771. The Morgan fingerprint density at radius 3 is 2.74 bits per heavy atom. The van der Waals surface area contributed by atoms with E-state index >= 15 is 0 Å². The van der Waals surface area contributed by atoms with Crippen LogP contribution in [0.3, 0.4) is 0 Å². The van der Waals surface area contributed by atoms with Crippen molar-refractivity contribution in [1.29, 1.82) is 0 Å². The maximum atomic E-state index is 12.8. The van der Waals surface area contributed by atoms with E-state index in [1.165, 1.54) is 28.4 Å². The second-order valence-corrected chi connectivity index (χ2v) is 7.23. The van der Waals surface area contributed by atoms with Gasteiger partial charge < -0.3 is 5.32 Å². The Labute approximate surface area is 135 Å². The fraction of sp³-hybridized carbons (Fsp3) is 0.333. The summed E-state index contributed by atoms with van der Waals surface area (Å²) in [5.41, 5.74) is 0.776. The highest BCUT2D eigenvalue weighted by Crippen LogP contribution is 2.26. The summed E-state index contributed by atoms with van der Waals surface area (Å²) in [4.78, 5) is 12.0. The number of carbonyl (C=O) groups is 1. The molecule has 1 aromatic heterocycles. The molecule has 0 aliphatic carbocycles. The van der Waals surface area contributed by atoms with Gasteiger partial charge in [-0.3, -0.25) is 4.79 Å². The lowest BCUT2D eigenvalue weighted by atomic mass is 10.2. The molecule has 122 valence electrons. The highest BCUT2D eigenvalue weighted by Gasteiger charge is 2.39. The molecule has 1 amide bonds. The Morgan fingerprint density at radius 1 is 1.30 bits per heavy atom. The number of sulfonamides is 1. The summed E-state index contributed by atoms with van der Waals surface area (Å²) in [7, 11) is -2.23. The third kappa shape index (κ3) is 2.87. The molecule has 2 heterocycles. The number of nitrogens with zero attached hydrogens (tertiary/aromatic N) is 3. The summed E-state index contributed by atoms with van der Waals surface area (Å²) < 4.78 is 28.4. The van der Waals surface area contributed by atoms with Crippen molar-refractivity contribution in [2.45, 2.75) is 23.8 Å². The molecule has 0 bridgehead atoms. The first-order chi connectivity index (χ1) is 11.0. The Kier molecular flexibility index (Phi) is 4.18. The van der Waals surface area contributed by atoms with Crippen LogP contribution < -0.4 is 5.32 Å². The van der Waals surface area contributed by atoms with E-state index in [-0.39, 0.29) is 10.8 Å². The first kappa shape index (κ1) is 15.7. The molecule has 1 fully saturated rings. The van der Waals surface area contributed by atoms with Gasteiger partial charge in [0.15, 0.2) is 0 Å². The molecule has 0 spiro atoms. The van der Waals surface area contributed by atoms with Gasteiger partial charge in [0, 0.05) is 13.6 Å². The van der Waals surface area contributed by atoms with E-state index in [9.17, 15) is 13.2 Å². The van der Waals surface area contributed by atoms with Crippen LogP contribution in [0, 0.1) is 0 Å². The van der Waals surface area contributed by atoms with Crippen LogP contribution in [0.25, 0.3) is 5.69 Å². The third-order valence-electron chi connectivity index (χ3n) is 3.94. The van der Waals surface area contributed by atoms with E-state index in [1.807, 2.05) is 30.3 Å². The summed E-state index contributed by atoms with van der Waals surface area (Å²) in [6.45, 7) is 0.344. The van der Waals surface area contributed by atoms with Gasteiger partial charge in [0.1, 0.15) is 10.9 Å². The molecule has 2 aromatic rings. The molecule has 1 aliphatic rings. The number of rotatable bonds is 4. The average Bonchev–Trinajstić information content (AvgIpc) is 3.24.